The summed E-state index contributed by atoms with van der Waals surface area (Å²) in [6, 6.07) is 13.2. The van der Waals surface area contributed by atoms with Gasteiger partial charge in [-0.2, -0.15) is 4.98 Å². The molecule has 0 unspecified atom stereocenters. The van der Waals surface area contributed by atoms with Crippen molar-refractivity contribution in [2.75, 3.05) is 20.9 Å². The first-order valence-electron chi connectivity index (χ1n) is 12.9. The number of thiophene rings is 1. The molecule has 1 saturated heterocycles. The number of hydrogen-bond acceptors (Lipinski definition) is 8. The van der Waals surface area contributed by atoms with Gasteiger partial charge >= 0.3 is 0 Å². The molecule has 1 aliphatic heterocycles. The Hall–Kier alpha value is -4.31. The van der Waals surface area contributed by atoms with E-state index in [0.29, 0.717) is 29.8 Å². The maximum Gasteiger partial charge on any atom is 0.247 e. The van der Waals surface area contributed by atoms with Crippen LogP contribution in [-0.4, -0.2) is 32.8 Å². The van der Waals surface area contributed by atoms with E-state index in [1.807, 2.05) is 59.7 Å². The van der Waals surface area contributed by atoms with Gasteiger partial charge in [0.1, 0.15) is 0 Å². The lowest BCUT2D eigenvalue weighted by molar-refractivity contribution is -0.117. The summed E-state index contributed by atoms with van der Waals surface area (Å²) in [7, 11) is 0. The Labute approximate surface area is 231 Å². The number of carbonyl (C=O) groups excluding carboxylic acids is 2. The standard InChI is InChI=1S/C29H31N7O2S/c1-5-25(37)33-20-8-6-19(7-9-20)32-21-10-11-22(30-16-21)18(4)31-29-34-23-14-15-39-27(23)28(35-29)36-24(17(2)3)12-13-26(36)38/h5-11,14-18,24,32H,1,12-13H2,2-4H3,(H,33,37)(H,31,34,35)/t18-,24+/m0/s1. The van der Waals surface area contributed by atoms with Crippen LogP contribution in [-0.2, 0) is 9.59 Å². The fourth-order valence-electron chi connectivity index (χ4n) is 4.69. The summed E-state index contributed by atoms with van der Waals surface area (Å²) in [6.07, 6.45) is 4.38. The zero-order chi connectivity index (χ0) is 27.5. The summed E-state index contributed by atoms with van der Waals surface area (Å²) < 4.78 is 0.929. The van der Waals surface area contributed by atoms with Crippen LogP contribution in [0.15, 0.2) is 66.7 Å². The van der Waals surface area contributed by atoms with Crippen LogP contribution in [0, 0.1) is 5.92 Å². The zero-order valence-electron chi connectivity index (χ0n) is 22.1. The number of anilines is 5. The van der Waals surface area contributed by atoms with Crippen molar-refractivity contribution in [1.29, 1.82) is 0 Å². The average Bonchev–Trinajstić information content (AvgIpc) is 3.56. The highest BCUT2D eigenvalue weighted by Crippen LogP contribution is 2.37. The van der Waals surface area contributed by atoms with E-state index in [0.717, 1.165) is 33.7 Å². The molecule has 4 aromatic rings. The molecule has 200 valence electrons. The van der Waals surface area contributed by atoms with Gasteiger partial charge in [0, 0.05) is 23.8 Å². The van der Waals surface area contributed by atoms with Crippen molar-refractivity contribution >= 4 is 62.2 Å². The highest BCUT2D eigenvalue weighted by molar-refractivity contribution is 7.17. The molecular formula is C29H31N7O2S. The molecular weight excluding hydrogens is 510 g/mol. The van der Waals surface area contributed by atoms with Gasteiger partial charge in [0.2, 0.25) is 17.8 Å². The minimum absolute atomic E-state index is 0.113. The van der Waals surface area contributed by atoms with E-state index in [4.69, 9.17) is 9.97 Å². The van der Waals surface area contributed by atoms with Crippen LogP contribution in [0.5, 0.6) is 0 Å². The van der Waals surface area contributed by atoms with Crippen LogP contribution in [0.3, 0.4) is 0 Å². The van der Waals surface area contributed by atoms with E-state index in [1.165, 1.54) is 6.08 Å². The van der Waals surface area contributed by atoms with Gasteiger partial charge in [0.15, 0.2) is 5.82 Å². The predicted molar refractivity (Wildman–Crippen MR) is 158 cm³/mol. The summed E-state index contributed by atoms with van der Waals surface area (Å²) in [5.74, 6) is 1.36. The van der Waals surface area contributed by atoms with Gasteiger partial charge in [-0.25, -0.2) is 4.98 Å². The molecule has 10 heteroatoms. The van der Waals surface area contributed by atoms with E-state index in [1.54, 1.807) is 17.5 Å². The van der Waals surface area contributed by atoms with E-state index in [-0.39, 0.29) is 23.9 Å². The SMILES string of the molecule is C=CC(=O)Nc1ccc(Nc2ccc([C@H](C)Nc3nc(N4C(=O)CC[C@@H]4C(C)C)c4sccc4n3)nc2)cc1. The first-order valence-corrected chi connectivity index (χ1v) is 13.8. The van der Waals surface area contributed by atoms with Crippen molar-refractivity contribution in [3.05, 3.63) is 72.4 Å². The minimum Gasteiger partial charge on any atom is -0.354 e. The second-order valence-electron chi connectivity index (χ2n) is 9.85. The number of amides is 2. The van der Waals surface area contributed by atoms with Gasteiger partial charge in [-0.15, -0.1) is 11.3 Å². The fraction of sp³-hybridized carbons (Fsp3) is 0.276. The van der Waals surface area contributed by atoms with E-state index >= 15 is 0 Å². The number of nitrogens with zero attached hydrogens (tertiary/aromatic N) is 4. The van der Waals surface area contributed by atoms with Gasteiger partial charge in [0.25, 0.3) is 0 Å². The molecule has 0 bridgehead atoms. The van der Waals surface area contributed by atoms with Crippen molar-refractivity contribution < 1.29 is 9.59 Å². The summed E-state index contributed by atoms with van der Waals surface area (Å²) in [5.41, 5.74) is 4.05. The zero-order valence-corrected chi connectivity index (χ0v) is 23.0. The maximum absolute atomic E-state index is 12.9. The van der Waals surface area contributed by atoms with Crippen molar-refractivity contribution in [1.82, 2.24) is 15.0 Å². The van der Waals surface area contributed by atoms with Crippen molar-refractivity contribution in [3.63, 3.8) is 0 Å². The van der Waals surface area contributed by atoms with Crippen LogP contribution in [0.4, 0.5) is 28.8 Å². The highest BCUT2D eigenvalue weighted by Gasteiger charge is 2.36. The van der Waals surface area contributed by atoms with Crippen molar-refractivity contribution in [3.8, 4) is 0 Å². The van der Waals surface area contributed by atoms with Crippen LogP contribution in [0.25, 0.3) is 10.2 Å². The van der Waals surface area contributed by atoms with Crippen molar-refractivity contribution in [2.45, 2.75) is 45.7 Å². The van der Waals surface area contributed by atoms with Gasteiger partial charge in [0.05, 0.1) is 33.8 Å². The number of carbonyl (C=O) groups is 2. The molecule has 3 N–H and O–H groups in total. The minimum atomic E-state index is -0.251. The van der Waals surface area contributed by atoms with Gasteiger partial charge in [-0.1, -0.05) is 20.4 Å². The molecule has 5 rings (SSSR count). The second-order valence-corrected chi connectivity index (χ2v) is 10.8. The monoisotopic (exact) mass is 541 g/mol. The summed E-state index contributed by atoms with van der Waals surface area (Å²) in [4.78, 5) is 40.3. The maximum atomic E-state index is 12.9. The Balaban J connectivity index is 1.30. The summed E-state index contributed by atoms with van der Waals surface area (Å²) in [6.45, 7) is 9.75. The third-order valence-corrected chi connectivity index (χ3v) is 7.64. The Morgan fingerprint density at radius 1 is 1.08 bits per heavy atom. The number of hydrogen-bond donors (Lipinski definition) is 3. The van der Waals surface area contributed by atoms with E-state index in [2.05, 4.69) is 41.4 Å². The number of benzene rings is 1. The number of rotatable bonds is 9. The molecule has 1 aromatic carbocycles. The average molecular weight is 542 g/mol. The number of aromatic nitrogens is 3. The van der Waals surface area contributed by atoms with Crippen molar-refractivity contribution in [2.24, 2.45) is 5.92 Å². The molecule has 0 radical (unpaired) electrons. The lowest BCUT2D eigenvalue weighted by atomic mass is 10.0. The van der Waals surface area contributed by atoms with Gasteiger partial charge < -0.3 is 16.0 Å². The molecule has 9 nitrogen and oxygen atoms in total. The largest absolute Gasteiger partial charge is 0.354 e. The number of pyridine rings is 1. The topological polar surface area (TPSA) is 112 Å². The lowest BCUT2D eigenvalue weighted by Gasteiger charge is -2.27. The molecule has 39 heavy (non-hydrogen) atoms. The third kappa shape index (κ3) is 5.75. The fourth-order valence-corrected chi connectivity index (χ4v) is 5.51. The molecule has 0 aliphatic carbocycles. The molecule has 0 saturated carbocycles. The molecule has 2 atom stereocenters. The smallest absolute Gasteiger partial charge is 0.247 e. The van der Waals surface area contributed by atoms with Crippen LogP contribution < -0.4 is 20.9 Å². The molecule has 2 amide bonds. The normalized spacial score (nSPS) is 15.9. The van der Waals surface area contributed by atoms with Gasteiger partial charge in [-0.05, 0) is 73.2 Å². The molecule has 4 heterocycles. The Morgan fingerprint density at radius 2 is 1.82 bits per heavy atom. The highest BCUT2D eigenvalue weighted by atomic mass is 32.1. The first kappa shape index (κ1) is 26.3. The Bertz CT molecular complexity index is 1500. The van der Waals surface area contributed by atoms with E-state index < -0.39 is 0 Å². The molecule has 0 spiro atoms. The summed E-state index contributed by atoms with van der Waals surface area (Å²) >= 11 is 1.56. The van der Waals surface area contributed by atoms with Crippen LogP contribution >= 0.6 is 11.3 Å². The molecule has 3 aromatic heterocycles. The first-order chi connectivity index (χ1) is 18.8. The molecule has 1 aliphatic rings. The third-order valence-electron chi connectivity index (χ3n) is 6.74. The Morgan fingerprint density at radius 3 is 2.51 bits per heavy atom. The lowest BCUT2D eigenvalue weighted by Crippen LogP contribution is -2.37. The Kier molecular flexibility index (Phi) is 7.56. The number of fused-ring (bicyclic) bond motifs is 1. The van der Waals surface area contributed by atoms with Gasteiger partial charge in [-0.3, -0.25) is 19.5 Å². The quantitative estimate of drug-likeness (QED) is 0.214. The predicted octanol–water partition coefficient (Wildman–Crippen LogP) is 6.28. The number of nitrogens with one attached hydrogen (secondary N) is 3. The van der Waals surface area contributed by atoms with Crippen LogP contribution in [0.1, 0.15) is 45.3 Å². The summed E-state index contributed by atoms with van der Waals surface area (Å²) in [5, 5.41) is 11.4. The van der Waals surface area contributed by atoms with E-state index in [9.17, 15) is 9.59 Å². The van der Waals surface area contributed by atoms with Crippen LogP contribution in [0.2, 0.25) is 0 Å². The molecule has 1 fully saturated rings. The second kappa shape index (κ2) is 11.2.